The lowest BCUT2D eigenvalue weighted by Gasteiger charge is -2.39. The highest BCUT2D eigenvalue weighted by Crippen LogP contribution is 2.44. The number of fused-ring (bicyclic) bond motifs is 4. The standard InChI is InChI=1S/C16H24N4OS/c1-2-11-5-3-4-8-19(11)15(21)10-20-12-6-7-14(20)16-13(9-12)17-18-22-16/h11-12,14H,2-10H2,1H3/t11-,12-,14-/m0/s1. The van der Waals surface area contributed by atoms with Gasteiger partial charge in [0.2, 0.25) is 5.91 Å². The lowest BCUT2D eigenvalue weighted by molar-refractivity contribution is -0.137. The molecule has 3 aliphatic rings. The van der Waals surface area contributed by atoms with Gasteiger partial charge in [0.15, 0.2) is 0 Å². The van der Waals surface area contributed by atoms with E-state index >= 15 is 0 Å². The molecule has 0 aliphatic carbocycles. The molecule has 120 valence electrons. The van der Waals surface area contributed by atoms with Crippen molar-refractivity contribution in [3.63, 3.8) is 0 Å². The highest BCUT2D eigenvalue weighted by molar-refractivity contribution is 7.05. The minimum Gasteiger partial charge on any atom is -0.339 e. The van der Waals surface area contributed by atoms with E-state index in [4.69, 9.17) is 0 Å². The highest BCUT2D eigenvalue weighted by atomic mass is 32.1. The van der Waals surface area contributed by atoms with Crippen LogP contribution in [0.2, 0.25) is 0 Å². The van der Waals surface area contributed by atoms with Gasteiger partial charge < -0.3 is 4.90 Å². The van der Waals surface area contributed by atoms with Crippen molar-refractivity contribution in [2.24, 2.45) is 0 Å². The fraction of sp³-hybridized carbons (Fsp3) is 0.812. The number of likely N-dealkylation sites (tertiary alicyclic amines) is 1. The van der Waals surface area contributed by atoms with E-state index < -0.39 is 0 Å². The number of piperidine rings is 1. The number of carbonyl (C=O) groups excluding carboxylic acids is 1. The maximum atomic E-state index is 12.9. The Kier molecular flexibility index (Phi) is 3.90. The van der Waals surface area contributed by atoms with Crippen LogP contribution in [-0.2, 0) is 11.2 Å². The molecule has 0 spiro atoms. The molecule has 1 amide bonds. The molecule has 0 saturated carbocycles. The normalized spacial score (nSPS) is 31.3. The van der Waals surface area contributed by atoms with Gasteiger partial charge in [0.1, 0.15) is 0 Å². The smallest absolute Gasteiger partial charge is 0.237 e. The fourth-order valence-corrected chi connectivity index (χ4v) is 5.34. The lowest BCUT2D eigenvalue weighted by Crippen LogP contribution is -2.50. The second-order valence-electron chi connectivity index (χ2n) is 6.85. The van der Waals surface area contributed by atoms with E-state index in [0.717, 1.165) is 32.2 Å². The summed E-state index contributed by atoms with van der Waals surface area (Å²) in [5.74, 6) is 0.337. The second kappa shape index (κ2) is 5.89. The van der Waals surface area contributed by atoms with Crippen LogP contribution in [0.25, 0.3) is 0 Å². The Hall–Kier alpha value is -1.01. The predicted octanol–water partition coefficient (Wildman–Crippen LogP) is 2.39. The zero-order valence-corrected chi connectivity index (χ0v) is 14.0. The lowest BCUT2D eigenvalue weighted by atomic mass is 9.99. The first kappa shape index (κ1) is 14.6. The number of aromatic nitrogens is 2. The topological polar surface area (TPSA) is 49.3 Å². The molecule has 5 nitrogen and oxygen atoms in total. The summed E-state index contributed by atoms with van der Waals surface area (Å²) in [5.41, 5.74) is 1.19. The molecule has 3 atom stereocenters. The third kappa shape index (κ3) is 2.36. The zero-order valence-electron chi connectivity index (χ0n) is 13.2. The summed E-state index contributed by atoms with van der Waals surface area (Å²) in [7, 11) is 0. The van der Waals surface area contributed by atoms with Crippen molar-refractivity contribution in [2.45, 2.75) is 70.0 Å². The summed E-state index contributed by atoms with van der Waals surface area (Å²) in [4.78, 5) is 18.8. The Morgan fingerprint density at radius 3 is 3.09 bits per heavy atom. The maximum absolute atomic E-state index is 12.9. The first-order chi connectivity index (χ1) is 10.8. The minimum absolute atomic E-state index is 0.337. The van der Waals surface area contributed by atoms with Gasteiger partial charge in [-0.05, 0) is 50.1 Å². The molecule has 1 aromatic heterocycles. The molecule has 2 saturated heterocycles. The summed E-state index contributed by atoms with van der Waals surface area (Å²) >= 11 is 1.53. The van der Waals surface area contributed by atoms with E-state index in [1.54, 1.807) is 0 Å². The summed E-state index contributed by atoms with van der Waals surface area (Å²) < 4.78 is 4.12. The first-order valence-electron chi connectivity index (χ1n) is 8.64. The van der Waals surface area contributed by atoms with Gasteiger partial charge in [-0.15, -0.1) is 5.10 Å². The molecule has 2 bridgehead atoms. The van der Waals surface area contributed by atoms with Crippen LogP contribution < -0.4 is 0 Å². The molecule has 22 heavy (non-hydrogen) atoms. The Morgan fingerprint density at radius 1 is 1.32 bits per heavy atom. The largest absolute Gasteiger partial charge is 0.339 e. The summed E-state index contributed by atoms with van der Waals surface area (Å²) in [5, 5.41) is 4.27. The van der Waals surface area contributed by atoms with Gasteiger partial charge in [-0.3, -0.25) is 9.69 Å². The number of rotatable bonds is 3. The van der Waals surface area contributed by atoms with Gasteiger partial charge in [0.25, 0.3) is 0 Å². The van der Waals surface area contributed by atoms with Gasteiger partial charge in [0, 0.05) is 31.1 Å². The fourth-order valence-electron chi connectivity index (χ4n) is 4.51. The number of nitrogens with zero attached hydrogens (tertiary/aromatic N) is 4. The van der Waals surface area contributed by atoms with Crippen LogP contribution in [0.5, 0.6) is 0 Å². The molecule has 0 aromatic carbocycles. The van der Waals surface area contributed by atoms with Crippen molar-refractivity contribution >= 4 is 17.4 Å². The van der Waals surface area contributed by atoms with E-state index in [0.29, 0.717) is 30.6 Å². The van der Waals surface area contributed by atoms with E-state index in [1.165, 1.54) is 41.4 Å². The SMILES string of the molecule is CC[C@H]1CCCCN1C(=O)CN1[C@H]2CC[C@H]1c1snnc1C2. The van der Waals surface area contributed by atoms with Crippen molar-refractivity contribution in [1.82, 2.24) is 19.4 Å². The quantitative estimate of drug-likeness (QED) is 0.858. The molecular formula is C16H24N4OS. The van der Waals surface area contributed by atoms with Crippen molar-refractivity contribution < 1.29 is 4.79 Å². The number of hydrogen-bond donors (Lipinski definition) is 0. The molecule has 3 aliphatic heterocycles. The van der Waals surface area contributed by atoms with E-state index in [1.807, 2.05) is 0 Å². The van der Waals surface area contributed by atoms with E-state index in [-0.39, 0.29) is 0 Å². The van der Waals surface area contributed by atoms with Gasteiger partial charge in [-0.25, -0.2) is 0 Å². The molecule has 0 radical (unpaired) electrons. The number of carbonyl (C=O) groups is 1. The van der Waals surface area contributed by atoms with E-state index in [9.17, 15) is 4.79 Å². The van der Waals surface area contributed by atoms with Crippen LogP contribution in [0.1, 0.15) is 62.1 Å². The van der Waals surface area contributed by atoms with Crippen LogP contribution in [0, 0.1) is 0 Å². The van der Waals surface area contributed by atoms with E-state index in [2.05, 4.69) is 26.3 Å². The number of hydrogen-bond acceptors (Lipinski definition) is 5. The van der Waals surface area contributed by atoms with Crippen LogP contribution in [-0.4, -0.2) is 50.5 Å². The number of amides is 1. The van der Waals surface area contributed by atoms with Crippen LogP contribution in [0.3, 0.4) is 0 Å². The first-order valence-corrected chi connectivity index (χ1v) is 9.41. The van der Waals surface area contributed by atoms with Gasteiger partial charge in [-0.2, -0.15) is 0 Å². The average Bonchev–Trinajstić information content (AvgIpc) is 3.12. The van der Waals surface area contributed by atoms with Crippen LogP contribution >= 0.6 is 11.5 Å². The Morgan fingerprint density at radius 2 is 2.23 bits per heavy atom. The molecule has 0 unspecified atom stereocenters. The van der Waals surface area contributed by atoms with Crippen LogP contribution in [0.15, 0.2) is 0 Å². The average molecular weight is 320 g/mol. The minimum atomic E-state index is 0.337. The molecule has 6 heteroatoms. The Labute approximate surface area is 135 Å². The Bertz CT molecular complexity index is 560. The molecule has 4 rings (SSSR count). The predicted molar refractivity (Wildman–Crippen MR) is 85.7 cm³/mol. The molecular weight excluding hydrogens is 296 g/mol. The van der Waals surface area contributed by atoms with Crippen molar-refractivity contribution in [3.05, 3.63) is 10.6 Å². The third-order valence-corrected chi connectivity index (χ3v) is 6.56. The highest BCUT2D eigenvalue weighted by Gasteiger charge is 2.43. The third-order valence-electron chi connectivity index (χ3n) is 5.70. The van der Waals surface area contributed by atoms with Crippen molar-refractivity contribution in [1.29, 1.82) is 0 Å². The van der Waals surface area contributed by atoms with Crippen molar-refractivity contribution in [3.8, 4) is 0 Å². The molecule has 2 fully saturated rings. The second-order valence-corrected chi connectivity index (χ2v) is 7.64. The maximum Gasteiger partial charge on any atom is 0.237 e. The van der Waals surface area contributed by atoms with Gasteiger partial charge in [-0.1, -0.05) is 11.4 Å². The molecule has 0 N–H and O–H groups in total. The molecule has 4 heterocycles. The van der Waals surface area contributed by atoms with Crippen molar-refractivity contribution in [2.75, 3.05) is 13.1 Å². The van der Waals surface area contributed by atoms with Gasteiger partial charge in [0.05, 0.1) is 17.1 Å². The van der Waals surface area contributed by atoms with Crippen LogP contribution in [0.4, 0.5) is 0 Å². The van der Waals surface area contributed by atoms with Gasteiger partial charge >= 0.3 is 0 Å². The summed E-state index contributed by atoms with van der Waals surface area (Å²) in [6.07, 6.45) is 8.03. The zero-order chi connectivity index (χ0) is 15.1. The molecule has 1 aromatic rings. The monoisotopic (exact) mass is 320 g/mol. The Balaban J connectivity index is 1.48. The summed E-state index contributed by atoms with van der Waals surface area (Å²) in [6.45, 7) is 3.74. The summed E-state index contributed by atoms with van der Waals surface area (Å²) in [6, 6.07) is 1.35.